The van der Waals surface area contributed by atoms with Crippen LogP contribution in [0.4, 0.5) is 5.69 Å². The number of carbonyl (C=O) groups excluding carboxylic acids is 2. The van der Waals surface area contributed by atoms with Crippen LogP contribution in [-0.2, 0) is 11.3 Å². The van der Waals surface area contributed by atoms with E-state index in [-0.39, 0.29) is 11.8 Å². The van der Waals surface area contributed by atoms with Crippen molar-refractivity contribution in [3.05, 3.63) is 100.0 Å². The minimum Gasteiger partial charge on any atom is -0.352 e. The van der Waals surface area contributed by atoms with Crippen molar-refractivity contribution in [2.75, 3.05) is 44.2 Å². The fraction of sp³-hybridized carbons (Fsp3) is 0.405. The van der Waals surface area contributed by atoms with Gasteiger partial charge in [-0.25, -0.2) is 0 Å². The molecule has 1 saturated heterocycles. The fourth-order valence-electron chi connectivity index (χ4n) is 6.71. The van der Waals surface area contributed by atoms with Crippen LogP contribution in [-0.4, -0.2) is 66.9 Å². The van der Waals surface area contributed by atoms with E-state index in [1.807, 2.05) is 65.6 Å². The Morgan fingerprint density at radius 1 is 0.932 bits per heavy atom. The minimum atomic E-state index is -0.0894. The van der Waals surface area contributed by atoms with E-state index in [4.69, 9.17) is 0 Å². The zero-order chi connectivity index (χ0) is 30.3. The molecule has 2 amide bonds. The van der Waals surface area contributed by atoms with Crippen molar-refractivity contribution in [2.24, 2.45) is 0 Å². The van der Waals surface area contributed by atoms with E-state index in [2.05, 4.69) is 40.2 Å². The molecule has 2 heterocycles. The third-order valence-electron chi connectivity index (χ3n) is 9.14. The summed E-state index contributed by atoms with van der Waals surface area (Å²) in [4.78, 5) is 35.8. The summed E-state index contributed by atoms with van der Waals surface area (Å²) in [6.45, 7) is 8.74. The first-order valence-corrected chi connectivity index (χ1v) is 17.1. The Balaban J connectivity index is 1.09. The van der Waals surface area contributed by atoms with E-state index in [9.17, 15) is 9.59 Å². The number of benzene rings is 3. The largest absolute Gasteiger partial charge is 0.352 e. The number of carbonyl (C=O) groups is 2. The highest BCUT2D eigenvalue weighted by Gasteiger charge is 2.30. The quantitative estimate of drug-likeness (QED) is 0.215. The van der Waals surface area contributed by atoms with Crippen LogP contribution in [0.3, 0.4) is 0 Å². The number of nitrogens with zero attached hydrogens (tertiary/aromatic N) is 3. The second kappa shape index (κ2) is 14.6. The van der Waals surface area contributed by atoms with E-state index in [0.29, 0.717) is 23.6 Å². The lowest BCUT2D eigenvalue weighted by Gasteiger charge is -2.40. The Morgan fingerprint density at radius 3 is 2.50 bits per heavy atom. The van der Waals surface area contributed by atoms with Crippen LogP contribution in [0.25, 0.3) is 6.08 Å². The molecule has 3 aromatic rings. The van der Waals surface area contributed by atoms with Gasteiger partial charge in [0.15, 0.2) is 0 Å². The van der Waals surface area contributed by atoms with Crippen LogP contribution in [0.2, 0.25) is 0 Å². The second-order valence-corrected chi connectivity index (χ2v) is 13.4. The molecule has 1 N–H and O–H groups in total. The van der Waals surface area contributed by atoms with Crippen LogP contribution < -0.4 is 10.2 Å². The molecule has 3 aromatic carbocycles. The topological polar surface area (TPSA) is 55.9 Å². The number of thioether (sulfide) groups is 1. The van der Waals surface area contributed by atoms with Crippen molar-refractivity contribution >= 4 is 35.3 Å². The van der Waals surface area contributed by atoms with Gasteiger partial charge in [0.2, 0.25) is 0 Å². The maximum absolute atomic E-state index is 13.9. The Bertz CT molecular complexity index is 1480. The van der Waals surface area contributed by atoms with Crippen LogP contribution >= 0.6 is 11.8 Å². The lowest BCUT2D eigenvalue weighted by atomic mass is 9.94. The normalized spacial score (nSPS) is 19.2. The third kappa shape index (κ3) is 7.63. The molecule has 3 aliphatic rings. The van der Waals surface area contributed by atoms with Gasteiger partial charge in [-0.1, -0.05) is 91.2 Å². The molecule has 0 atom stereocenters. The number of aryl methyl sites for hydroxylation is 1. The average molecular weight is 609 g/mol. The summed E-state index contributed by atoms with van der Waals surface area (Å²) in [5, 5.41) is 3.13. The lowest BCUT2D eigenvalue weighted by molar-refractivity contribution is -0.114. The molecule has 44 heavy (non-hydrogen) atoms. The molecule has 7 heteroatoms. The Hall–Kier alpha value is -3.39. The van der Waals surface area contributed by atoms with Gasteiger partial charge >= 0.3 is 0 Å². The van der Waals surface area contributed by atoms with Gasteiger partial charge in [-0.15, -0.1) is 0 Å². The van der Waals surface area contributed by atoms with Gasteiger partial charge in [-0.3, -0.25) is 14.5 Å². The Kier molecular flexibility index (Phi) is 10.2. The number of hydrogen-bond acceptors (Lipinski definition) is 5. The van der Waals surface area contributed by atoms with E-state index < -0.39 is 0 Å². The van der Waals surface area contributed by atoms with Crippen molar-refractivity contribution < 1.29 is 9.59 Å². The van der Waals surface area contributed by atoms with Crippen molar-refractivity contribution in [1.82, 2.24) is 15.1 Å². The van der Waals surface area contributed by atoms with Crippen LogP contribution in [0.1, 0.15) is 65.6 Å². The van der Waals surface area contributed by atoms with E-state index in [0.717, 1.165) is 59.4 Å². The molecule has 6 rings (SSSR count). The first-order valence-electron chi connectivity index (χ1n) is 16.2. The summed E-state index contributed by atoms with van der Waals surface area (Å²) in [7, 11) is 0. The number of hydrogen-bond donors (Lipinski definition) is 1. The highest BCUT2D eigenvalue weighted by molar-refractivity contribution is 8.04. The number of rotatable bonds is 9. The Morgan fingerprint density at radius 2 is 1.73 bits per heavy atom. The van der Waals surface area contributed by atoms with E-state index in [1.165, 1.54) is 57.0 Å². The van der Waals surface area contributed by atoms with E-state index in [1.54, 1.807) is 0 Å². The van der Waals surface area contributed by atoms with Crippen LogP contribution in [0.15, 0.2) is 82.6 Å². The molecule has 2 fully saturated rings. The summed E-state index contributed by atoms with van der Waals surface area (Å²) in [6, 6.07) is 24.7. The number of fused-ring (bicyclic) bond motifs is 1. The average Bonchev–Trinajstić information content (AvgIpc) is 3.06. The monoisotopic (exact) mass is 608 g/mol. The zero-order valence-corrected chi connectivity index (χ0v) is 26.7. The van der Waals surface area contributed by atoms with Gasteiger partial charge < -0.3 is 15.1 Å². The first kappa shape index (κ1) is 30.6. The van der Waals surface area contributed by atoms with Crippen molar-refractivity contribution in [1.29, 1.82) is 0 Å². The smallest absolute Gasteiger partial charge is 0.265 e. The molecule has 0 spiro atoms. The zero-order valence-electron chi connectivity index (χ0n) is 25.8. The molecule has 0 unspecified atom stereocenters. The molecular weight excluding hydrogens is 565 g/mol. The van der Waals surface area contributed by atoms with E-state index >= 15 is 0 Å². The summed E-state index contributed by atoms with van der Waals surface area (Å²) in [5.41, 5.74) is 4.58. The molecule has 0 aromatic heterocycles. The standard InChI is InChI=1S/C37H44N4O2S/c1-28-10-8-13-30(24-28)27-41-33-26-31(16-17-34(33)44-35(37(41)43)25-29-11-4-2-5-12-29)36(42)38-18-9-19-39-20-22-40(23-21-39)32-14-6-3-7-15-32/h2,4-5,8,10-13,16-17,24-26,32H,3,6-7,9,14-15,18-23,27H2,1H3,(H,38,42)/b35-25-. The van der Waals surface area contributed by atoms with Crippen molar-refractivity contribution in [3.63, 3.8) is 0 Å². The summed E-state index contributed by atoms with van der Waals surface area (Å²) < 4.78 is 0. The third-order valence-corrected chi connectivity index (χ3v) is 10.2. The van der Waals surface area contributed by atoms with Crippen LogP contribution in [0, 0.1) is 6.92 Å². The predicted octanol–water partition coefficient (Wildman–Crippen LogP) is 6.75. The maximum Gasteiger partial charge on any atom is 0.265 e. The molecule has 230 valence electrons. The highest BCUT2D eigenvalue weighted by atomic mass is 32.2. The summed E-state index contributed by atoms with van der Waals surface area (Å²) in [5.74, 6) is -0.137. The van der Waals surface area contributed by atoms with Crippen molar-refractivity contribution in [2.45, 2.75) is 62.9 Å². The van der Waals surface area contributed by atoms with Gasteiger partial charge in [0.05, 0.1) is 17.1 Å². The number of amides is 2. The summed E-state index contributed by atoms with van der Waals surface area (Å²) in [6.07, 6.45) is 9.82. The molecule has 1 saturated carbocycles. The van der Waals surface area contributed by atoms with Crippen molar-refractivity contribution in [3.8, 4) is 0 Å². The molecule has 1 aliphatic carbocycles. The van der Waals surface area contributed by atoms with Crippen LogP contribution in [0.5, 0.6) is 0 Å². The van der Waals surface area contributed by atoms with Gasteiger partial charge in [0, 0.05) is 49.2 Å². The van der Waals surface area contributed by atoms with Gasteiger partial charge in [0.1, 0.15) is 0 Å². The maximum atomic E-state index is 13.9. The highest BCUT2D eigenvalue weighted by Crippen LogP contribution is 2.43. The molecule has 0 bridgehead atoms. The summed E-state index contributed by atoms with van der Waals surface area (Å²) >= 11 is 1.47. The SMILES string of the molecule is Cc1cccc(CN2C(=O)/C(=C/c3ccccc3)Sc3ccc(C(=O)NCCCN4CCN(C5CCCCC5)CC4)cc32)c1. The molecule has 6 nitrogen and oxygen atoms in total. The molecule has 0 radical (unpaired) electrons. The predicted molar refractivity (Wildman–Crippen MR) is 181 cm³/mol. The lowest BCUT2D eigenvalue weighted by Crippen LogP contribution is -2.51. The number of piperazine rings is 1. The molecular formula is C37H44N4O2S. The Labute approximate surface area is 266 Å². The number of anilines is 1. The number of nitrogens with one attached hydrogen (secondary N) is 1. The second-order valence-electron chi connectivity index (χ2n) is 12.4. The van der Waals surface area contributed by atoms with Gasteiger partial charge in [0.25, 0.3) is 11.8 Å². The van der Waals surface area contributed by atoms with Gasteiger partial charge in [-0.2, -0.15) is 0 Å². The minimum absolute atomic E-state index is 0.0472. The van der Waals surface area contributed by atoms with Gasteiger partial charge in [-0.05, 0) is 68.1 Å². The first-order chi connectivity index (χ1) is 21.5. The fourth-order valence-corrected chi connectivity index (χ4v) is 7.75. The molecule has 2 aliphatic heterocycles.